The molecule has 28 heavy (non-hydrogen) atoms. The fourth-order valence-electron chi connectivity index (χ4n) is 3.49. The SMILES string of the molecule is CNc1cc(C)c(CNC(=O)c2cc(Cl)cc3c2c(C)cn3C(C)C)c(=O)[nH]1. The third kappa shape index (κ3) is 3.64. The molecule has 0 aliphatic heterocycles. The molecule has 0 fully saturated rings. The summed E-state index contributed by atoms with van der Waals surface area (Å²) in [6.07, 6.45) is 2.04. The van der Waals surface area contributed by atoms with E-state index in [9.17, 15) is 9.59 Å². The van der Waals surface area contributed by atoms with Crippen LogP contribution in [-0.4, -0.2) is 22.5 Å². The molecule has 0 unspecified atom stereocenters. The van der Waals surface area contributed by atoms with Crippen LogP contribution in [0.3, 0.4) is 0 Å². The Bertz CT molecular complexity index is 1110. The van der Waals surface area contributed by atoms with Crippen molar-refractivity contribution in [1.29, 1.82) is 0 Å². The summed E-state index contributed by atoms with van der Waals surface area (Å²) in [5.41, 5.74) is 3.58. The minimum absolute atomic E-state index is 0.141. The first-order valence-electron chi connectivity index (χ1n) is 9.22. The van der Waals surface area contributed by atoms with E-state index in [4.69, 9.17) is 11.6 Å². The lowest BCUT2D eigenvalue weighted by Crippen LogP contribution is -2.28. The van der Waals surface area contributed by atoms with E-state index >= 15 is 0 Å². The van der Waals surface area contributed by atoms with Gasteiger partial charge in [0.1, 0.15) is 5.82 Å². The van der Waals surface area contributed by atoms with Gasteiger partial charge in [0.25, 0.3) is 11.5 Å². The maximum Gasteiger partial charge on any atom is 0.254 e. The zero-order valence-corrected chi connectivity index (χ0v) is 17.5. The molecule has 0 atom stereocenters. The molecule has 0 radical (unpaired) electrons. The van der Waals surface area contributed by atoms with Crippen LogP contribution in [0.15, 0.2) is 29.2 Å². The van der Waals surface area contributed by atoms with Gasteiger partial charge in [-0.15, -0.1) is 0 Å². The summed E-state index contributed by atoms with van der Waals surface area (Å²) in [6.45, 7) is 8.15. The molecule has 0 aliphatic rings. The molecule has 1 aromatic carbocycles. The largest absolute Gasteiger partial charge is 0.375 e. The van der Waals surface area contributed by atoms with Crippen molar-refractivity contribution in [2.45, 2.75) is 40.3 Å². The standard InChI is InChI=1S/C21H25ClN4O2/c1-11(2)26-10-13(4)19-15(7-14(22)8-17(19)26)20(27)24-9-16-12(3)6-18(23-5)25-21(16)28/h6-8,10-11H,9H2,1-5H3,(H,24,27)(H2,23,25,28). The lowest BCUT2D eigenvalue weighted by molar-refractivity contribution is 0.0952. The van der Waals surface area contributed by atoms with E-state index in [1.54, 1.807) is 13.1 Å². The summed E-state index contributed by atoms with van der Waals surface area (Å²) in [7, 11) is 1.74. The number of benzene rings is 1. The fourth-order valence-corrected chi connectivity index (χ4v) is 3.71. The summed E-state index contributed by atoms with van der Waals surface area (Å²) in [6, 6.07) is 5.65. The van der Waals surface area contributed by atoms with E-state index in [-0.39, 0.29) is 24.1 Å². The van der Waals surface area contributed by atoms with Gasteiger partial charge < -0.3 is 20.2 Å². The number of pyridine rings is 1. The number of hydrogen-bond acceptors (Lipinski definition) is 3. The molecule has 148 valence electrons. The summed E-state index contributed by atoms with van der Waals surface area (Å²) < 4.78 is 2.11. The zero-order chi connectivity index (χ0) is 20.6. The van der Waals surface area contributed by atoms with Crippen molar-refractivity contribution in [2.75, 3.05) is 12.4 Å². The molecule has 2 heterocycles. The zero-order valence-electron chi connectivity index (χ0n) is 16.7. The van der Waals surface area contributed by atoms with Crippen molar-refractivity contribution >= 4 is 34.2 Å². The van der Waals surface area contributed by atoms with Gasteiger partial charge in [-0.25, -0.2) is 0 Å². The Kier molecular flexibility index (Phi) is 5.52. The van der Waals surface area contributed by atoms with Gasteiger partial charge in [0.15, 0.2) is 0 Å². The molecule has 1 amide bonds. The number of nitrogens with one attached hydrogen (secondary N) is 3. The summed E-state index contributed by atoms with van der Waals surface area (Å²) in [4.78, 5) is 28.0. The van der Waals surface area contributed by atoms with E-state index in [1.807, 2.05) is 32.2 Å². The van der Waals surface area contributed by atoms with E-state index in [2.05, 4.69) is 34.0 Å². The van der Waals surface area contributed by atoms with Gasteiger partial charge >= 0.3 is 0 Å². The number of nitrogens with zero attached hydrogens (tertiary/aromatic N) is 1. The maximum atomic E-state index is 13.0. The summed E-state index contributed by atoms with van der Waals surface area (Å²) in [5.74, 6) is 0.383. The first kappa shape index (κ1) is 20.0. The van der Waals surface area contributed by atoms with Gasteiger partial charge in [0, 0.05) is 41.8 Å². The van der Waals surface area contributed by atoms with E-state index in [0.29, 0.717) is 22.0 Å². The van der Waals surface area contributed by atoms with Crippen LogP contribution in [0, 0.1) is 13.8 Å². The molecule has 0 spiro atoms. The van der Waals surface area contributed by atoms with Crippen LogP contribution in [0.1, 0.15) is 46.9 Å². The van der Waals surface area contributed by atoms with Gasteiger partial charge in [-0.3, -0.25) is 9.59 Å². The Labute approximate surface area is 168 Å². The van der Waals surface area contributed by atoms with Crippen molar-refractivity contribution in [3.05, 3.63) is 62.0 Å². The molecule has 0 aliphatic carbocycles. The highest BCUT2D eigenvalue weighted by Gasteiger charge is 2.18. The van der Waals surface area contributed by atoms with Crippen LogP contribution in [0.25, 0.3) is 10.9 Å². The van der Waals surface area contributed by atoms with E-state index in [1.165, 1.54) is 0 Å². The predicted octanol–water partition coefficient (Wildman–Crippen LogP) is 4.15. The topological polar surface area (TPSA) is 78.9 Å². The number of H-pyrrole nitrogens is 1. The van der Waals surface area contributed by atoms with Gasteiger partial charge in [-0.05, 0) is 57.0 Å². The molecule has 3 N–H and O–H groups in total. The number of aromatic amines is 1. The van der Waals surface area contributed by atoms with E-state index in [0.717, 1.165) is 22.0 Å². The van der Waals surface area contributed by atoms with Crippen molar-refractivity contribution < 1.29 is 4.79 Å². The molecular formula is C21H25ClN4O2. The Morgan fingerprint density at radius 3 is 2.54 bits per heavy atom. The molecular weight excluding hydrogens is 376 g/mol. The average molecular weight is 401 g/mol. The summed E-state index contributed by atoms with van der Waals surface area (Å²) >= 11 is 6.30. The number of rotatable bonds is 5. The number of aromatic nitrogens is 2. The number of fused-ring (bicyclic) bond motifs is 1. The van der Waals surface area contributed by atoms with Crippen LogP contribution in [0.5, 0.6) is 0 Å². The monoisotopic (exact) mass is 400 g/mol. The van der Waals surface area contributed by atoms with Gasteiger partial charge in [-0.2, -0.15) is 0 Å². The maximum absolute atomic E-state index is 13.0. The van der Waals surface area contributed by atoms with E-state index < -0.39 is 0 Å². The fraction of sp³-hybridized carbons (Fsp3) is 0.333. The molecule has 2 aromatic heterocycles. The number of amides is 1. The van der Waals surface area contributed by atoms with Crippen molar-refractivity contribution in [2.24, 2.45) is 0 Å². The Hall–Kier alpha value is -2.73. The summed E-state index contributed by atoms with van der Waals surface area (Å²) in [5, 5.41) is 7.17. The first-order chi connectivity index (χ1) is 13.2. The van der Waals surface area contributed by atoms with Crippen LogP contribution < -0.4 is 16.2 Å². The highest BCUT2D eigenvalue weighted by molar-refractivity contribution is 6.32. The molecule has 6 nitrogen and oxygen atoms in total. The number of aryl methyl sites for hydroxylation is 2. The number of carbonyl (C=O) groups excluding carboxylic acids is 1. The van der Waals surface area contributed by atoms with Gasteiger partial charge in [0.2, 0.25) is 0 Å². The van der Waals surface area contributed by atoms with Gasteiger partial charge in [-0.1, -0.05) is 11.6 Å². The quantitative estimate of drug-likeness (QED) is 0.601. The Balaban J connectivity index is 1.96. The lowest BCUT2D eigenvalue weighted by Gasteiger charge is -2.12. The predicted molar refractivity (Wildman–Crippen MR) is 115 cm³/mol. The average Bonchev–Trinajstić information content (AvgIpc) is 2.96. The second-order valence-corrected chi connectivity index (χ2v) is 7.70. The van der Waals surface area contributed by atoms with Crippen LogP contribution in [-0.2, 0) is 6.54 Å². The smallest absolute Gasteiger partial charge is 0.254 e. The van der Waals surface area contributed by atoms with Crippen molar-refractivity contribution in [1.82, 2.24) is 14.9 Å². The van der Waals surface area contributed by atoms with Crippen LogP contribution >= 0.6 is 11.6 Å². The van der Waals surface area contributed by atoms with Gasteiger partial charge in [0.05, 0.1) is 11.1 Å². The number of halogens is 1. The second kappa shape index (κ2) is 7.72. The normalized spacial score (nSPS) is 11.2. The lowest BCUT2D eigenvalue weighted by atomic mass is 10.1. The highest BCUT2D eigenvalue weighted by Crippen LogP contribution is 2.30. The minimum Gasteiger partial charge on any atom is -0.375 e. The third-order valence-electron chi connectivity index (χ3n) is 4.94. The number of hydrogen-bond donors (Lipinski definition) is 3. The third-order valence-corrected chi connectivity index (χ3v) is 5.16. The first-order valence-corrected chi connectivity index (χ1v) is 9.60. The molecule has 3 aromatic rings. The Morgan fingerprint density at radius 1 is 1.21 bits per heavy atom. The van der Waals surface area contributed by atoms with Crippen molar-refractivity contribution in [3.63, 3.8) is 0 Å². The molecule has 0 saturated carbocycles. The molecule has 0 saturated heterocycles. The second-order valence-electron chi connectivity index (χ2n) is 7.27. The van der Waals surface area contributed by atoms with Crippen LogP contribution in [0.2, 0.25) is 5.02 Å². The number of anilines is 1. The molecule has 0 bridgehead atoms. The van der Waals surface area contributed by atoms with Crippen LogP contribution in [0.4, 0.5) is 5.82 Å². The number of carbonyl (C=O) groups is 1. The molecule has 7 heteroatoms. The highest BCUT2D eigenvalue weighted by atomic mass is 35.5. The molecule has 3 rings (SSSR count). The minimum atomic E-state index is -0.256. The van der Waals surface area contributed by atoms with Crippen molar-refractivity contribution in [3.8, 4) is 0 Å². The Morgan fingerprint density at radius 2 is 1.93 bits per heavy atom.